The standard InChI is InChI=1S/C16H22N4O/c1-4-20(10-14-8-6-5-7-13(14)9-17)15-12(2)16(21-3)19-11-18-15/h5-8,11H,4,9-10,17H2,1-3H3. The zero-order chi connectivity index (χ0) is 15.2. The minimum atomic E-state index is 0.541. The number of nitrogens with zero attached hydrogens (tertiary/aromatic N) is 3. The maximum absolute atomic E-state index is 5.82. The molecular formula is C16H22N4O. The third kappa shape index (κ3) is 3.31. The Labute approximate surface area is 125 Å². The van der Waals surface area contributed by atoms with Crippen LogP contribution in [0.15, 0.2) is 30.6 Å². The molecular weight excluding hydrogens is 264 g/mol. The maximum atomic E-state index is 5.82. The van der Waals surface area contributed by atoms with Gasteiger partial charge < -0.3 is 15.4 Å². The summed E-state index contributed by atoms with van der Waals surface area (Å²) < 4.78 is 5.28. The number of nitrogens with two attached hydrogens (primary N) is 1. The van der Waals surface area contributed by atoms with Crippen LogP contribution in [0.3, 0.4) is 0 Å². The molecule has 0 atom stereocenters. The number of hydrogen-bond acceptors (Lipinski definition) is 5. The van der Waals surface area contributed by atoms with Gasteiger partial charge in [-0.1, -0.05) is 24.3 Å². The van der Waals surface area contributed by atoms with Gasteiger partial charge in [0.05, 0.1) is 12.7 Å². The molecule has 21 heavy (non-hydrogen) atoms. The summed E-state index contributed by atoms with van der Waals surface area (Å²) in [5, 5.41) is 0. The van der Waals surface area contributed by atoms with Crippen LogP contribution in [0.5, 0.6) is 5.88 Å². The number of methoxy groups -OCH3 is 1. The number of anilines is 1. The molecule has 2 rings (SSSR count). The predicted octanol–water partition coefficient (Wildman–Crippen LogP) is 2.28. The number of ether oxygens (including phenoxy) is 1. The van der Waals surface area contributed by atoms with Crippen molar-refractivity contribution in [1.29, 1.82) is 0 Å². The van der Waals surface area contributed by atoms with Crippen LogP contribution in [0, 0.1) is 6.92 Å². The Morgan fingerprint density at radius 3 is 2.52 bits per heavy atom. The zero-order valence-corrected chi connectivity index (χ0v) is 12.8. The van der Waals surface area contributed by atoms with E-state index >= 15 is 0 Å². The van der Waals surface area contributed by atoms with Gasteiger partial charge in [-0.2, -0.15) is 0 Å². The van der Waals surface area contributed by atoms with E-state index in [4.69, 9.17) is 10.5 Å². The summed E-state index contributed by atoms with van der Waals surface area (Å²) in [4.78, 5) is 10.8. The molecule has 112 valence electrons. The van der Waals surface area contributed by atoms with Crippen molar-refractivity contribution >= 4 is 5.82 Å². The highest BCUT2D eigenvalue weighted by molar-refractivity contribution is 5.50. The summed E-state index contributed by atoms with van der Waals surface area (Å²) in [6.07, 6.45) is 1.54. The maximum Gasteiger partial charge on any atom is 0.221 e. The van der Waals surface area contributed by atoms with Crippen LogP contribution >= 0.6 is 0 Å². The third-order valence-corrected chi connectivity index (χ3v) is 3.59. The first-order valence-electron chi connectivity index (χ1n) is 7.08. The fourth-order valence-electron chi connectivity index (χ4n) is 2.40. The Morgan fingerprint density at radius 2 is 1.90 bits per heavy atom. The van der Waals surface area contributed by atoms with Crippen LogP contribution in [0.2, 0.25) is 0 Å². The summed E-state index contributed by atoms with van der Waals surface area (Å²) >= 11 is 0. The van der Waals surface area contributed by atoms with E-state index in [0.29, 0.717) is 12.4 Å². The Morgan fingerprint density at radius 1 is 1.19 bits per heavy atom. The molecule has 0 spiro atoms. The lowest BCUT2D eigenvalue weighted by molar-refractivity contribution is 0.393. The van der Waals surface area contributed by atoms with Crippen molar-refractivity contribution in [3.63, 3.8) is 0 Å². The van der Waals surface area contributed by atoms with Crippen LogP contribution in [0.1, 0.15) is 23.6 Å². The topological polar surface area (TPSA) is 64.3 Å². The van der Waals surface area contributed by atoms with Crippen molar-refractivity contribution in [1.82, 2.24) is 9.97 Å². The minimum absolute atomic E-state index is 0.541. The van der Waals surface area contributed by atoms with E-state index in [1.165, 1.54) is 5.56 Å². The van der Waals surface area contributed by atoms with E-state index in [2.05, 4.69) is 33.9 Å². The number of benzene rings is 1. The molecule has 0 amide bonds. The first-order valence-corrected chi connectivity index (χ1v) is 7.08. The Balaban J connectivity index is 2.32. The lowest BCUT2D eigenvalue weighted by Gasteiger charge is -2.25. The quantitative estimate of drug-likeness (QED) is 0.882. The molecule has 0 aliphatic heterocycles. The van der Waals surface area contributed by atoms with Gasteiger partial charge in [0.2, 0.25) is 5.88 Å². The Bertz CT molecular complexity index is 601. The molecule has 2 N–H and O–H groups in total. The molecule has 0 fully saturated rings. The van der Waals surface area contributed by atoms with Crippen LogP contribution in [0.4, 0.5) is 5.82 Å². The van der Waals surface area contributed by atoms with Crippen LogP contribution in [-0.2, 0) is 13.1 Å². The summed E-state index contributed by atoms with van der Waals surface area (Å²) in [5.41, 5.74) is 9.15. The minimum Gasteiger partial charge on any atom is -0.481 e. The van der Waals surface area contributed by atoms with Crippen LogP contribution < -0.4 is 15.4 Å². The van der Waals surface area contributed by atoms with Crippen molar-refractivity contribution in [2.24, 2.45) is 5.73 Å². The van der Waals surface area contributed by atoms with Gasteiger partial charge in [0.25, 0.3) is 0 Å². The predicted molar refractivity (Wildman–Crippen MR) is 84.4 cm³/mol. The van der Waals surface area contributed by atoms with Crippen molar-refractivity contribution in [2.45, 2.75) is 26.9 Å². The normalized spacial score (nSPS) is 10.5. The molecule has 1 aromatic heterocycles. The molecule has 0 aliphatic carbocycles. The van der Waals surface area contributed by atoms with Gasteiger partial charge in [-0.05, 0) is 25.0 Å². The molecule has 0 bridgehead atoms. The second-order valence-corrected chi connectivity index (χ2v) is 4.82. The number of rotatable bonds is 6. The number of aromatic nitrogens is 2. The van der Waals surface area contributed by atoms with E-state index in [1.807, 2.05) is 19.1 Å². The van der Waals surface area contributed by atoms with Crippen molar-refractivity contribution in [3.8, 4) is 5.88 Å². The summed E-state index contributed by atoms with van der Waals surface area (Å²) in [7, 11) is 1.62. The molecule has 5 heteroatoms. The number of hydrogen-bond donors (Lipinski definition) is 1. The van der Waals surface area contributed by atoms with E-state index in [9.17, 15) is 0 Å². The van der Waals surface area contributed by atoms with E-state index in [-0.39, 0.29) is 0 Å². The largest absolute Gasteiger partial charge is 0.481 e. The SMILES string of the molecule is CCN(Cc1ccccc1CN)c1ncnc(OC)c1C. The smallest absolute Gasteiger partial charge is 0.221 e. The Kier molecular flexibility index (Phi) is 5.11. The average Bonchev–Trinajstić information content (AvgIpc) is 2.53. The molecule has 0 radical (unpaired) electrons. The van der Waals surface area contributed by atoms with E-state index in [0.717, 1.165) is 30.0 Å². The lowest BCUT2D eigenvalue weighted by Crippen LogP contribution is -2.25. The van der Waals surface area contributed by atoms with E-state index in [1.54, 1.807) is 13.4 Å². The molecule has 5 nitrogen and oxygen atoms in total. The van der Waals surface area contributed by atoms with Gasteiger partial charge >= 0.3 is 0 Å². The first-order chi connectivity index (χ1) is 10.2. The van der Waals surface area contributed by atoms with Gasteiger partial charge in [0.15, 0.2) is 0 Å². The highest BCUT2D eigenvalue weighted by Crippen LogP contribution is 2.25. The second kappa shape index (κ2) is 7.04. The van der Waals surface area contributed by atoms with Gasteiger partial charge in [-0.15, -0.1) is 0 Å². The molecule has 0 saturated heterocycles. The molecule has 0 aliphatic rings. The zero-order valence-electron chi connectivity index (χ0n) is 12.8. The second-order valence-electron chi connectivity index (χ2n) is 4.82. The molecule has 0 unspecified atom stereocenters. The van der Waals surface area contributed by atoms with Crippen LogP contribution in [-0.4, -0.2) is 23.6 Å². The highest BCUT2D eigenvalue weighted by atomic mass is 16.5. The van der Waals surface area contributed by atoms with Crippen molar-refractivity contribution in [3.05, 3.63) is 47.3 Å². The fraction of sp³-hybridized carbons (Fsp3) is 0.375. The monoisotopic (exact) mass is 286 g/mol. The molecule has 1 heterocycles. The van der Waals surface area contributed by atoms with Gasteiger partial charge in [0.1, 0.15) is 12.1 Å². The van der Waals surface area contributed by atoms with Crippen molar-refractivity contribution in [2.75, 3.05) is 18.6 Å². The first kappa shape index (κ1) is 15.3. The lowest BCUT2D eigenvalue weighted by atomic mass is 10.1. The Hall–Kier alpha value is -2.14. The van der Waals surface area contributed by atoms with E-state index < -0.39 is 0 Å². The van der Waals surface area contributed by atoms with Crippen molar-refractivity contribution < 1.29 is 4.74 Å². The van der Waals surface area contributed by atoms with Gasteiger partial charge in [-0.25, -0.2) is 9.97 Å². The molecule has 0 saturated carbocycles. The van der Waals surface area contributed by atoms with Crippen LogP contribution in [0.25, 0.3) is 0 Å². The molecule has 2 aromatic rings. The summed E-state index contributed by atoms with van der Waals surface area (Å²) in [6, 6.07) is 8.23. The third-order valence-electron chi connectivity index (χ3n) is 3.59. The summed E-state index contributed by atoms with van der Waals surface area (Å²) in [6.45, 7) is 6.25. The highest BCUT2D eigenvalue weighted by Gasteiger charge is 2.14. The van der Waals surface area contributed by atoms with Gasteiger partial charge in [0, 0.05) is 19.6 Å². The summed E-state index contributed by atoms with van der Waals surface area (Å²) in [5.74, 6) is 1.52. The fourth-order valence-corrected chi connectivity index (χ4v) is 2.40. The average molecular weight is 286 g/mol. The van der Waals surface area contributed by atoms with Gasteiger partial charge in [-0.3, -0.25) is 0 Å². The molecule has 1 aromatic carbocycles.